The molecule has 0 aliphatic rings. The Bertz CT molecular complexity index is 248. The molecule has 0 fully saturated rings. The van der Waals surface area contributed by atoms with Gasteiger partial charge in [-0.2, -0.15) is 0 Å². The van der Waals surface area contributed by atoms with Gasteiger partial charge in [-0.15, -0.1) is 0 Å². The molecular formula is C11H26NO4P. The van der Waals surface area contributed by atoms with Crippen molar-refractivity contribution in [2.75, 3.05) is 26.3 Å². The van der Waals surface area contributed by atoms with E-state index < -0.39 is 18.9 Å². The van der Waals surface area contributed by atoms with Crippen molar-refractivity contribution in [2.45, 2.75) is 40.5 Å². The lowest BCUT2D eigenvalue weighted by Crippen LogP contribution is -2.39. The molecule has 0 aliphatic heterocycles. The maximum absolute atomic E-state index is 12.4. The van der Waals surface area contributed by atoms with Crippen LogP contribution in [0.2, 0.25) is 0 Å². The molecule has 0 aliphatic carbocycles. The molecule has 0 aromatic heterocycles. The number of nitrogens with one attached hydrogen (secondary N) is 1. The molecule has 0 spiro atoms. The Morgan fingerprint density at radius 3 is 2.06 bits per heavy atom. The Morgan fingerprint density at radius 2 is 1.71 bits per heavy atom. The van der Waals surface area contributed by atoms with E-state index >= 15 is 0 Å². The molecule has 0 radical (unpaired) electrons. The predicted octanol–water partition coefficient (Wildman–Crippen LogP) is 2.21. The fourth-order valence-corrected chi connectivity index (χ4v) is 3.53. The van der Waals surface area contributed by atoms with Gasteiger partial charge in [0.25, 0.3) is 0 Å². The molecule has 5 nitrogen and oxygen atoms in total. The highest BCUT2D eigenvalue weighted by atomic mass is 31.2. The van der Waals surface area contributed by atoms with Crippen LogP contribution in [0.25, 0.3) is 0 Å². The summed E-state index contributed by atoms with van der Waals surface area (Å²) in [5.41, 5.74) is -0.574. The van der Waals surface area contributed by atoms with E-state index in [2.05, 4.69) is 5.32 Å². The number of aliphatic hydroxyl groups excluding tert-OH is 1. The molecule has 17 heavy (non-hydrogen) atoms. The van der Waals surface area contributed by atoms with Crippen molar-refractivity contribution in [1.82, 2.24) is 5.32 Å². The van der Waals surface area contributed by atoms with Crippen LogP contribution >= 0.6 is 7.60 Å². The molecule has 6 heteroatoms. The highest BCUT2D eigenvalue weighted by molar-refractivity contribution is 7.54. The monoisotopic (exact) mass is 267 g/mol. The summed E-state index contributed by atoms with van der Waals surface area (Å²) in [4.78, 5) is 0. The molecule has 0 aromatic carbocycles. The topological polar surface area (TPSA) is 67.8 Å². The lowest BCUT2D eigenvalue weighted by molar-refractivity contribution is 0.0711. The molecule has 0 aromatic rings. The summed E-state index contributed by atoms with van der Waals surface area (Å²) in [6.45, 7) is 11.0. The third-order valence-corrected chi connectivity index (χ3v) is 4.98. The van der Waals surface area contributed by atoms with Gasteiger partial charge in [0.05, 0.1) is 13.2 Å². The molecule has 0 saturated heterocycles. The fraction of sp³-hybridized carbons (Fsp3) is 1.00. The molecule has 0 amide bonds. The van der Waals surface area contributed by atoms with E-state index in [1.807, 2.05) is 20.8 Å². The Kier molecular flexibility index (Phi) is 7.52. The maximum atomic E-state index is 12.4. The van der Waals surface area contributed by atoms with E-state index in [9.17, 15) is 9.67 Å². The van der Waals surface area contributed by atoms with Crippen LogP contribution in [0, 0.1) is 5.41 Å². The first kappa shape index (κ1) is 17.1. The second-order valence-electron chi connectivity index (χ2n) is 4.52. The first-order valence-corrected chi connectivity index (χ1v) is 7.72. The molecule has 0 bridgehead atoms. The molecule has 0 saturated carbocycles. The van der Waals surface area contributed by atoms with E-state index in [4.69, 9.17) is 9.05 Å². The first-order valence-electron chi connectivity index (χ1n) is 6.11. The average molecular weight is 267 g/mol. The van der Waals surface area contributed by atoms with Crippen LogP contribution in [-0.2, 0) is 13.6 Å². The smallest absolute Gasteiger partial charge is 0.359 e. The third-order valence-electron chi connectivity index (χ3n) is 2.45. The molecule has 0 heterocycles. The molecule has 1 atom stereocenters. The third kappa shape index (κ3) is 5.06. The first-order chi connectivity index (χ1) is 7.84. The Labute approximate surface area is 104 Å². The van der Waals surface area contributed by atoms with Gasteiger partial charge in [-0.05, 0) is 20.4 Å². The van der Waals surface area contributed by atoms with Crippen molar-refractivity contribution >= 4 is 7.60 Å². The highest BCUT2D eigenvalue weighted by Crippen LogP contribution is 2.57. The maximum Gasteiger partial charge on any atom is 0.359 e. The summed E-state index contributed by atoms with van der Waals surface area (Å²) in [5.74, 6) is -1.13. The second-order valence-corrected chi connectivity index (χ2v) is 6.60. The van der Waals surface area contributed by atoms with Crippen molar-refractivity contribution < 1.29 is 18.7 Å². The van der Waals surface area contributed by atoms with Gasteiger partial charge in [-0.3, -0.25) is 4.57 Å². The minimum Gasteiger partial charge on any atom is -0.380 e. The summed E-state index contributed by atoms with van der Waals surface area (Å²) in [7, 11) is -3.46. The zero-order valence-corrected chi connectivity index (χ0v) is 12.4. The summed E-state index contributed by atoms with van der Waals surface area (Å²) in [5, 5.41) is 13.4. The van der Waals surface area contributed by atoms with Gasteiger partial charge in [0.15, 0.2) is 5.85 Å². The quantitative estimate of drug-likeness (QED) is 0.627. The lowest BCUT2D eigenvalue weighted by atomic mass is 9.94. The highest BCUT2D eigenvalue weighted by Gasteiger charge is 2.44. The van der Waals surface area contributed by atoms with Gasteiger partial charge >= 0.3 is 7.60 Å². The van der Waals surface area contributed by atoms with Crippen molar-refractivity contribution in [3.05, 3.63) is 0 Å². The molecule has 1 unspecified atom stereocenters. The summed E-state index contributed by atoms with van der Waals surface area (Å²) < 4.78 is 22.7. The van der Waals surface area contributed by atoms with E-state index in [0.717, 1.165) is 6.54 Å². The summed E-state index contributed by atoms with van der Waals surface area (Å²) in [6, 6.07) is 0. The van der Waals surface area contributed by atoms with Gasteiger partial charge in [-0.1, -0.05) is 20.8 Å². The normalized spacial score (nSPS) is 14.9. The van der Waals surface area contributed by atoms with Crippen LogP contribution < -0.4 is 5.32 Å². The minimum absolute atomic E-state index is 0.256. The van der Waals surface area contributed by atoms with Crippen molar-refractivity contribution in [3.63, 3.8) is 0 Å². The van der Waals surface area contributed by atoms with Crippen molar-refractivity contribution in [3.8, 4) is 0 Å². The Morgan fingerprint density at radius 1 is 1.24 bits per heavy atom. The summed E-state index contributed by atoms with van der Waals surface area (Å²) >= 11 is 0. The van der Waals surface area contributed by atoms with Crippen LogP contribution in [-0.4, -0.2) is 37.3 Å². The van der Waals surface area contributed by atoms with Crippen LogP contribution in [0.3, 0.4) is 0 Å². The zero-order valence-electron chi connectivity index (χ0n) is 11.5. The second kappa shape index (κ2) is 7.49. The Balaban J connectivity index is 4.80. The largest absolute Gasteiger partial charge is 0.380 e. The predicted molar refractivity (Wildman–Crippen MR) is 69.2 cm³/mol. The van der Waals surface area contributed by atoms with Gasteiger partial charge in [0.2, 0.25) is 0 Å². The molecule has 2 N–H and O–H groups in total. The Hall–Kier alpha value is 0.0700. The number of aliphatic hydroxyl groups is 1. The standard InChI is InChI=1S/C11H26NO4P/c1-6-12-9-11(4,5)10(13)17(14,15-7-2)16-8-3/h10,12-13H,6-9H2,1-5H3. The molecule has 104 valence electrons. The minimum atomic E-state index is -3.46. The van der Waals surface area contributed by atoms with Gasteiger partial charge < -0.3 is 19.5 Å². The van der Waals surface area contributed by atoms with Crippen LogP contribution in [0.1, 0.15) is 34.6 Å². The summed E-state index contributed by atoms with van der Waals surface area (Å²) in [6.07, 6.45) is 0. The van der Waals surface area contributed by atoms with Crippen LogP contribution in [0.4, 0.5) is 0 Å². The SMILES string of the molecule is CCNCC(C)(C)C(O)P(=O)(OCC)OCC. The average Bonchev–Trinajstić information content (AvgIpc) is 2.26. The number of hydrogen-bond donors (Lipinski definition) is 2. The fourth-order valence-electron chi connectivity index (χ4n) is 1.50. The van der Waals surface area contributed by atoms with E-state index in [1.165, 1.54) is 0 Å². The molecule has 0 rings (SSSR count). The molecular weight excluding hydrogens is 241 g/mol. The van der Waals surface area contributed by atoms with E-state index in [1.54, 1.807) is 13.8 Å². The van der Waals surface area contributed by atoms with Crippen molar-refractivity contribution in [1.29, 1.82) is 0 Å². The van der Waals surface area contributed by atoms with Crippen molar-refractivity contribution in [2.24, 2.45) is 5.41 Å². The number of hydrogen-bond acceptors (Lipinski definition) is 5. The number of rotatable bonds is 9. The van der Waals surface area contributed by atoms with Gasteiger partial charge in [0, 0.05) is 12.0 Å². The van der Waals surface area contributed by atoms with Gasteiger partial charge in [-0.25, -0.2) is 0 Å². The van der Waals surface area contributed by atoms with Crippen LogP contribution in [0.15, 0.2) is 0 Å². The van der Waals surface area contributed by atoms with E-state index in [0.29, 0.717) is 6.54 Å². The lowest BCUT2D eigenvalue weighted by Gasteiger charge is -2.34. The van der Waals surface area contributed by atoms with Crippen LogP contribution in [0.5, 0.6) is 0 Å². The zero-order chi connectivity index (χ0) is 13.5. The van der Waals surface area contributed by atoms with E-state index in [-0.39, 0.29) is 13.2 Å². The van der Waals surface area contributed by atoms with Gasteiger partial charge in [0.1, 0.15) is 0 Å².